The number of nitrogens with one attached hydrogen (secondary N) is 2. The van der Waals surface area contributed by atoms with Gasteiger partial charge in [0.2, 0.25) is 5.91 Å². The lowest BCUT2D eigenvalue weighted by Gasteiger charge is -2.22. The van der Waals surface area contributed by atoms with Gasteiger partial charge in [0.15, 0.2) is 5.82 Å². The lowest BCUT2D eigenvalue weighted by molar-refractivity contribution is -0.116. The molecule has 0 radical (unpaired) electrons. The smallest absolute Gasteiger partial charge is 0.224 e. The lowest BCUT2D eigenvalue weighted by Crippen LogP contribution is -2.28. The fraction of sp³-hybridized carbons (Fsp3) is 0.421. The van der Waals surface area contributed by atoms with Gasteiger partial charge in [-0.15, -0.1) is 0 Å². The zero-order valence-electron chi connectivity index (χ0n) is 14.1. The Bertz CT molecular complexity index is 695. The summed E-state index contributed by atoms with van der Waals surface area (Å²) in [7, 11) is 0. The highest BCUT2D eigenvalue weighted by Gasteiger charge is 2.14. The SMILES string of the molecule is Cc1ccnc(-c2cccc(NC(=O)CCC3CCNCC3)c2)n1. The van der Waals surface area contributed by atoms with E-state index in [0.29, 0.717) is 18.2 Å². The maximum Gasteiger partial charge on any atom is 0.224 e. The summed E-state index contributed by atoms with van der Waals surface area (Å²) in [4.78, 5) is 20.9. The molecule has 0 spiro atoms. The van der Waals surface area contributed by atoms with Gasteiger partial charge in [0.05, 0.1) is 0 Å². The van der Waals surface area contributed by atoms with Gasteiger partial charge in [0.25, 0.3) is 0 Å². The molecule has 1 saturated heterocycles. The van der Waals surface area contributed by atoms with Crippen LogP contribution in [0.5, 0.6) is 0 Å². The van der Waals surface area contributed by atoms with Crippen LogP contribution >= 0.6 is 0 Å². The zero-order chi connectivity index (χ0) is 16.8. The van der Waals surface area contributed by atoms with Crippen molar-refractivity contribution in [1.29, 1.82) is 0 Å². The van der Waals surface area contributed by atoms with E-state index < -0.39 is 0 Å². The Hall–Kier alpha value is -2.27. The number of aromatic nitrogens is 2. The van der Waals surface area contributed by atoms with Gasteiger partial charge in [-0.1, -0.05) is 12.1 Å². The molecule has 1 aliphatic rings. The van der Waals surface area contributed by atoms with Crippen molar-refractivity contribution in [3.05, 3.63) is 42.2 Å². The summed E-state index contributed by atoms with van der Waals surface area (Å²) in [5.74, 6) is 1.43. The van der Waals surface area contributed by atoms with Crippen molar-refractivity contribution in [1.82, 2.24) is 15.3 Å². The second kappa shape index (κ2) is 8.02. The Balaban J connectivity index is 1.58. The first kappa shape index (κ1) is 16.6. The number of anilines is 1. The molecule has 126 valence electrons. The summed E-state index contributed by atoms with van der Waals surface area (Å²) < 4.78 is 0. The Morgan fingerprint density at radius 1 is 1.29 bits per heavy atom. The van der Waals surface area contributed by atoms with Crippen LogP contribution in [0.15, 0.2) is 36.5 Å². The molecular formula is C19H24N4O. The topological polar surface area (TPSA) is 66.9 Å². The molecule has 0 unspecified atom stereocenters. The van der Waals surface area contributed by atoms with Crippen molar-refractivity contribution >= 4 is 11.6 Å². The zero-order valence-corrected chi connectivity index (χ0v) is 14.1. The molecule has 0 saturated carbocycles. The lowest BCUT2D eigenvalue weighted by atomic mass is 9.93. The minimum atomic E-state index is 0.0795. The minimum Gasteiger partial charge on any atom is -0.326 e. The van der Waals surface area contributed by atoms with E-state index in [1.807, 2.05) is 37.3 Å². The number of carbonyl (C=O) groups is 1. The molecule has 1 fully saturated rings. The maximum absolute atomic E-state index is 12.2. The van der Waals surface area contributed by atoms with Gasteiger partial charge in [-0.25, -0.2) is 9.97 Å². The molecule has 2 N–H and O–H groups in total. The Labute approximate surface area is 142 Å². The molecule has 1 aromatic carbocycles. The molecule has 2 heterocycles. The second-order valence-corrected chi connectivity index (χ2v) is 6.38. The highest BCUT2D eigenvalue weighted by Crippen LogP contribution is 2.21. The largest absolute Gasteiger partial charge is 0.326 e. The predicted molar refractivity (Wildman–Crippen MR) is 95.7 cm³/mol. The van der Waals surface area contributed by atoms with Crippen molar-refractivity contribution in [3.8, 4) is 11.4 Å². The second-order valence-electron chi connectivity index (χ2n) is 6.38. The number of aryl methyl sites for hydroxylation is 1. The van der Waals surface area contributed by atoms with Gasteiger partial charge in [-0.3, -0.25) is 4.79 Å². The van der Waals surface area contributed by atoms with E-state index in [4.69, 9.17) is 0 Å². The third-order valence-corrected chi connectivity index (χ3v) is 4.44. The quantitative estimate of drug-likeness (QED) is 0.886. The minimum absolute atomic E-state index is 0.0795. The van der Waals surface area contributed by atoms with E-state index in [9.17, 15) is 4.79 Å². The summed E-state index contributed by atoms with van der Waals surface area (Å²) in [5, 5.41) is 6.35. The van der Waals surface area contributed by atoms with Gasteiger partial charge in [0, 0.05) is 29.6 Å². The standard InChI is InChI=1S/C19H24N4O/c1-14-7-12-21-19(22-14)16-3-2-4-17(13-16)23-18(24)6-5-15-8-10-20-11-9-15/h2-4,7,12-13,15,20H,5-6,8-11H2,1H3,(H,23,24). The van der Waals surface area contributed by atoms with Gasteiger partial charge >= 0.3 is 0 Å². The maximum atomic E-state index is 12.2. The van der Waals surface area contributed by atoms with E-state index in [0.717, 1.165) is 36.5 Å². The van der Waals surface area contributed by atoms with Crippen LogP contribution in [0.25, 0.3) is 11.4 Å². The number of amides is 1. The molecule has 0 atom stereocenters. The number of rotatable bonds is 5. The van der Waals surface area contributed by atoms with Crippen molar-refractivity contribution < 1.29 is 4.79 Å². The molecule has 5 nitrogen and oxygen atoms in total. The fourth-order valence-corrected chi connectivity index (χ4v) is 3.05. The Morgan fingerprint density at radius 2 is 2.12 bits per heavy atom. The van der Waals surface area contributed by atoms with Gasteiger partial charge in [0.1, 0.15) is 0 Å². The molecule has 24 heavy (non-hydrogen) atoms. The summed E-state index contributed by atoms with van der Waals surface area (Å²) in [5.41, 5.74) is 2.64. The van der Waals surface area contributed by atoms with Crippen LogP contribution in [0.1, 0.15) is 31.4 Å². The number of nitrogens with zero attached hydrogens (tertiary/aromatic N) is 2. The average molecular weight is 324 g/mol. The Kier molecular flexibility index (Phi) is 5.54. The van der Waals surface area contributed by atoms with Crippen molar-refractivity contribution in [2.24, 2.45) is 5.92 Å². The predicted octanol–water partition coefficient (Wildman–Crippen LogP) is 3.17. The summed E-state index contributed by atoms with van der Waals surface area (Å²) >= 11 is 0. The van der Waals surface area contributed by atoms with Crippen LogP contribution in [-0.2, 0) is 4.79 Å². The van der Waals surface area contributed by atoms with Crippen molar-refractivity contribution in [2.45, 2.75) is 32.6 Å². The first-order valence-corrected chi connectivity index (χ1v) is 8.61. The highest BCUT2D eigenvalue weighted by molar-refractivity contribution is 5.91. The summed E-state index contributed by atoms with van der Waals surface area (Å²) in [6.07, 6.45) is 5.65. The van der Waals surface area contributed by atoms with E-state index in [1.165, 1.54) is 12.8 Å². The number of carbonyl (C=O) groups excluding carboxylic acids is 1. The molecule has 1 aliphatic heterocycles. The highest BCUT2D eigenvalue weighted by atomic mass is 16.1. The molecule has 2 aromatic rings. The van der Waals surface area contributed by atoms with Crippen LogP contribution < -0.4 is 10.6 Å². The number of hydrogen-bond donors (Lipinski definition) is 2. The van der Waals surface area contributed by atoms with Gasteiger partial charge in [-0.05, 0) is 63.4 Å². The van der Waals surface area contributed by atoms with E-state index >= 15 is 0 Å². The van der Waals surface area contributed by atoms with Crippen molar-refractivity contribution in [3.63, 3.8) is 0 Å². The van der Waals surface area contributed by atoms with Crippen LogP contribution in [-0.4, -0.2) is 29.0 Å². The Morgan fingerprint density at radius 3 is 2.92 bits per heavy atom. The molecule has 0 bridgehead atoms. The molecular weight excluding hydrogens is 300 g/mol. The third-order valence-electron chi connectivity index (χ3n) is 4.44. The molecule has 5 heteroatoms. The fourth-order valence-electron chi connectivity index (χ4n) is 3.05. The normalized spacial score (nSPS) is 15.2. The molecule has 3 rings (SSSR count). The van der Waals surface area contributed by atoms with Crippen molar-refractivity contribution in [2.75, 3.05) is 18.4 Å². The van der Waals surface area contributed by atoms with Crippen LogP contribution in [0, 0.1) is 12.8 Å². The molecule has 0 aliphatic carbocycles. The number of benzene rings is 1. The average Bonchev–Trinajstić information content (AvgIpc) is 2.61. The monoisotopic (exact) mass is 324 g/mol. The van der Waals surface area contributed by atoms with E-state index in [-0.39, 0.29) is 5.91 Å². The number of hydrogen-bond acceptors (Lipinski definition) is 4. The van der Waals surface area contributed by atoms with Gasteiger partial charge < -0.3 is 10.6 Å². The first-order chi connectivity index (χ1) is 11.7. The summed E-state index contributed by atoms with van der Waals surface area (Å²) in [6.45, 7) is 4.09. The summed E-state index contributed by atoms with van der Waals surface area (Å²) in [6, 6.07) is 9.58. The van der Waals surface area contributed by atoms with E-state index in [1.54, 1.807) is 6.20 Å². The molecule has 1 aromatic heterocycles. The van der Waals surface area contributed by atoms with E-state index in [2.05, 4.69) is 20.6 Å². The van der Waals surface area contributed by atoms with Crippen LogP contribution in [0.2, 0.25) is 0 Å². The number of piperidine rings is 1. The molecule has 1 amide bonds. The third kappa shape index (κ3) is 4.61. The van der Waals surface area contributed by atoms with Crippen LogP contribution in [0.3, 0.4) is 0 Å². The first-order valence-electron chi connectivity index (χ1n) is 8.61. The van der Waals surface area contributed by atoms with Crippen LogP contribution in [0.4, 0.5) is 5.69 Å². The van der Waals surface area contributed by atoms with Gasteiger partial charge in [-0.2, -0.15) is 0 Å².